The minimum absolute atomic E-state index is 0.0830. The average Bonchev–Trinajstić information content (AvgIpc) is 2.89. The van der Waals surface area contributed by atoms with Crippen molar-refractivity contribution in [3.63, 3.8) is 0 Å². The van der Waals surface area contributed by atoms with Gasteiger partial charge >= 0.3 is 0 Å². The van der Waals surface area contributed by atoms with E-state index < -0.39 is 5.60 Å². The number of aliphatic hydroxyl groups is 1. The van der Waals surface area contributed by atoms with Gasteiger partial charge in [-0.15, -0.1) is 0 Å². The molecule has 0 saturated heterocycles. The van der Waals surface area contributed by atoms with Gasteiger partial charge < -0.3 is 19.6 Å². The molecule has 0 saturated carbocycles. The molecule has 0 bridgehead atoms. The topological polar surface area (TPSA) is 71.7 Å². The Morgan fingerprint density at radius 3 is 2.78 bits per heavy atom. The van der Waals surface area contributed by atoms with Crippen molar-refractivity contribution in [1.29, 1.82) is 0 Å². The Kier molecular flexibility index (Phi) is 5.00. The zero-order valence-electron chi connectivity index (χ0n) is 14.4. The summed E-state index contributed by atoms with van der Waals surface area (Å²) in [6, 6.07) is 5.54. The first-order valence-electron chi connectivity index (χ1n) is 7.88. The van der Waals surface area contributed by atoms with Crippen molar-refractivity contribution in [2.24, 2.45) is 5.92 Å². The zero-order chi connectivity index (χ0) is 17.2. The van der Waals surface area contributed by atoms with Crippen molar-refractivity contribution in [2.75, 3.05) is 13.7 Å². The highest BCUT2D eigenvalue weighted by molar-refractivity contribution is 6.00. The number of carbonyl (C=O) groups is 1. The third-order valence-corrected chi connectivity index (χ3v) is 4.63. The van der Waals surface area contributed by atoms with Crippen LogP contribution in [-0.4, -0.2) is 30.3 Å². The van der Waals surface area contributed by atoms with Gasteiger partial charge in [-0.05, 0) is 25.8 Å². The number of fused-ring (bicyclic) bond motifs is 1. The smallest absolute Gasteiger partial charge is 0.287 e. The Balaban J connectivity index is 2.24. The van der Waals surface area contributed by atoms with E-state index in [0.717, 1.165) is 17.4 Å². The number of benzene rings is 1. The van der Waals surface area contributed by atoms with E-state index in [9.17, 15) is 9.90 Å². The Hall–Kier alpha value is -2.01. The lowest BCUT2D eigenvalue weighted by atomic mass is 9.88. The molecule has 1 amide bonds. The number of methoxy groups -OCH3 is 1. The van der Waals surface area contributed by atoms with Crippen molar-refractivity contribution in [3.8, 4) is 5.75 Å². The van der Waals surface area contributed by atoms with E-state index in [1.165, 1.54) is 0 Å². The van der Waals surface area contributed by atoms with Crippen LogP contribution < -0.4 is 10.1 Å². The fourth-order valence-corrected chi connectivity index (χ4v) is 2.55. The minimum atomic E-state index is -0.956. The Bertz CT molecular complexity index is 702. The SMILES string of the molecule is CCC(C)C(C)(O)CNC(=O)c1oc2c(OC)cccc2c1C. The first kappa shape index (κ1) is 17.3. The number of ether oxygens (including phenoxy) is 1. The molecule has 0 radical (unpaired) electrons. The summed E-state index contributed by atoms with van der Waals surface area (Å²) in [5, 5.41) is 14.0. The molecule has 1 aromatic carbocycles. The van der Waals surface area contributed by atoms with Crippen molar-refractivity contribution >= 4 is 16.9 Å². The van der Waals surface area contributed by atoms with Crippen molar-refractivity contribution < 1.29 is 19.1 Å². The van der Waals surface area contributed by atoms with Gasteiger partial charge in [0.15, 0.2) is 17.1 Å². The molecule has 0 spiro atoms. The van der Waals surface area contributed by atoms with E-state index in [4.69, 9.17) is 9.15 Å². The van der Waals surface area contributed by atoms with Gasteiger partial charge in [-0.1, -0.05) is 32.4 Å². The number of hydrogen-bond acceptors (Lipinski definition) is 4. The van der Waals surface area contributed by atoms with Crippen LogP contribution in [0.3, 0.4) is 0 Å². The van der Waals surface area contributed by atoms with E-state index >= 15 is 0 Å². The molecule has 2 rings (SSSR count). The molecule has 2 unspecified atom stereocenters. The molecule has 23 heavy (non-hydrogen) atoms. The molecule has 1 aromatic heterocycles. The fourth-order valence-electron chi connectivity index (χ4n) is 2.55. The van der Waals surface area contributed by atoms with Crippen LogP contribution in [0.2, 0.25) is 0 Å². The molecule has 2 atom stereocenters. The standard InChI is InChI=1S/C18H25NO4/c1-6-11(2)18(4,21)10-19-17(20)15-12(3)13-8-7-9-14(22-5)16(13)23-15/h7-9,11,21H,6,10H2,1-5H3,(H,19,20). The number of para-hydroxylation sites is 1. The van der Waals surface area contributed by atoms with Crippen LogP contribution in [0.15, 0.2) is 22.6 Å². The van der Waals surface area contributed by atoms with Crippen molar-refractivity contribution in [1.82, 2.24) is 5.32 Å². The monoisotopic (exact) mass is 319 g/mol. The number of furan rings is 1. The number of hydrogen-bond donors (Lipinski definition) is 2. The second kappa shape index (κ2) is 6.62. The lowest BCUT2D eigenvalue weighted by Crippen LogP contribution is -2.45. The maximum Gasteiger partial charge on any atom is 0.287 e. The maximum atomic E-state index is 12.4. The molecular weight excluding hydrogens is 294 g/mol. The second-order valence-corrected chi connectivity index (χ2v) is 6.24. The molecule has 0 aliphatic rings. The van der Waals surface area contributed by atoms with Gasteiger partial charge in [0.25, 0.3) is 5.91 Å². The molecule has 0 fully saturated rings. The highest BCUT2D eigenvalue weighted by atomic mass is 16.5. The fraction of sp³-hybridized carbons (Fsp3) is 0.500. The molecule has 5 nitrogen and oxygen atoms in total. The summed E-state index contributed by atoms with van der Waals surface area (Å²) in [6.45, 7) is 7.72. The maximum absolute atomic E-state index is 12.4. The molecule has 2 N–H and O–H groups in total. The van der Waals surface area contributed by atoms with Crippen LogP contribution >= 0.6 is 0 Å². The first-order chi connectivity index (χ1) is 10.8. The molecule has 0 aliphatic heterocycles. The van der Waals surface area contributed by atoms with Gasteiger partial charge in [-0.3, -0.25) is 4.79 Å². The largest absolute Gasteiger partial charge is 0.493 e. The van der Waals surface area contributed by atoms with E-state index in [0.29, 0.717) is 11.3 Å². The van der Waals surface area contributed by atoms with Gasteiger partial charge in [-0.2, -0.15) is 0 Å². The summed E-state index contributed by atoms with van der Waals surface area (Å²) in [5.41, 5.74) is 0.369. The van der Waals surface area contributed by atoms with E-state index in [2.05, 4.69) is 5.32 Å². The van der Waals surface area contributed by atoms with Gasteiger partial charge in [0.05, 0.1) is 12.7 Å². The molecular formula is C18H25NO4. The Labute approximate surface area is 136 Å². The number of amides is 1. The second-order valence-electron chi connectivity index (χ2n) is 6.24. The highest BCUT2D eigenvalue weighted by Gasteiger charge is 2.28. The quantitative estimate of drug-likeness (QED) is 0.857. The summed E-state index contributed by atoms with van der Waals surface area (Å²) in [6.07, 6.45) is 0.837. The Morgan fingerprint density at radius 2 is 2.17 bits per heavy atom. The molecule has 1 heterocycles. The van der Waals surface area contributed by atoms with Crippen molar-refractivity contribution in [3.05, 3.63) is 29.5 Å². The minimum Gasteiger partial charge on any atom is -0.493 e. The predicted octanol–water partition coefficient (Wildman–Crippen LogP) is 3.28. The third kappa shape index (κ3) is 3.34. The number of aryl methyl sites for hydroxylation is 1. The van der Waals surface area contributed by atoms with Gasteiger partial charge in [0.1, 0.15) is 0 Å². The van der Waals surface area contributed by atoms with Gasteiger partial charge in [0, 0.05) is 17.5 Å². The summed E-state index contributed by atoms with van der Waals surface area (Å²) in [5.74, 6) is 0.602. The van der Waals surface area contributed by atoms with Crippen LogP contribution in [-0.2, 0) is 0 Å². The zero-order valence-corrected chi connectivity index (χ0v) is 14.4. The molecule has 2 aromatic rings. The summed E-state index contributed by atoms with van der Waals surface area (Å²) in [4.78, 5) is 12.4. The van der Waals surface area contributed by atoms with E-state index in [1.807, 2.05) is 32.9 Å². The number of carbonyl (C=O) groups excluding carboxylic acids is 1. The summed E-state index contributed by atoms with van der Waals surface area (Å²) >= 11 is 0. The normalized spacial score (nSPS) is 15.2. The molecule has 0 aliphatic carbocycles. The summed E-state index contributed by atoms with van der Waals surface area (Å²) < 4.78 is 11.0. The highest BCUT2D eigenvalue weighted by Crippen LogP contribution is 2.32. The van der Waals surface area contributed by atoms with Crippen LogP contribution in [0, 0.1) is 12.8 Å². The van der Waals surface area contributed by atoms with Gasteiger partial charge in [-0.25, -0.2) is 0 Å². The van der Waals surface area contributed by atoms with E-state index in [-0.39, 0.29) is 24.1 Å². The van der Waals surface area contributed by atoms with Crippen LogP contribution in [0.4, 0.5) is 0 Å². The molecule has 5 heteroatoms. The van der Waals surface area contributed by atoms with Crippen molar-refractivity contribution in [2.45, 2.75) is 39.7 Å². The summed E-state index contributed by atoms with van der Waals surface area (Å²) in [7, 11) is 1.57. The predicted molar refractivity (Wildman–Crippen MR) is 89.9 cm³/mol. The van der Waals surface area contributed by atoms with Gasteiger partial charge in [0.2, 0.25) is 0 Å². The van der Waals surface area contributed by atoms with E-state index in [1.54, 1.807) is 20.1 Å². The molecule has 126 valence electrons. The first-order valence-corrected chi connectivity index (χ1v) is 7.88. The lowest BCUT2D eigenvalue weighted by Gasteiger charge is -2.29. The number of rotatable bonds is 6. The lowest BCUT2D eigenvalue weighted by molar-refractivity contribution is 0.00569. The number of nitrogens with one attached hydrogen (secondary N) is 1. The Morgan fingerprint density at radius 1 is 1.48 bits per heavy atom. The van der Waals surface area contributed by atoms with Crippen LogP contribution in [0.5, 0.6) is 5.75 Å². The third-order valence-electron chi connectivity index (χ3n) is 4.63. The van der Waals surface area contributed by atoms with Crippen LogP contribution in [0.1, 0.15) is 43.3 Å². The van der Waals surface area contributed by atoms with Crippen LogP contribution in [0.25, 0.3) is 11.0 Å². The average molecular weight is 319 g/mol.